The Bertz CT molecular complexity index is 602. The van der Waals surface area contributed by atoms with Crippen molar-refractivity contribution >= 4 is 0 Å². The second-order valence-corrected chi connectivity index (χ2v) is 8.50. The van der Waals surface area contributed by atoms with E-state index in [1.165, 1.54) is 88.4 Å². The lowest BCUT2D eigenvalue weighted by molar-refractivity contribution is -0.704. The van der Waals surface area contributed by atoms with Gasteiger partial charge in [0, 0.05) is 0 Å². The molecule has 0 aliphatic heterocycles. The topological polar surface area (TPSA) is 19.7 Å². The van der Waals surface area contributed by atoms with E-state index >= 15 is 0 Å². The summed E-state index contributed by atoms with van der Waals surface area (Å²) in [5.41, 5.74) is 1.44. The van der Waals surface area contributed by atoms with Crippen LogP contribution in [0.25, 0.3) is 0 Å². The van der Waals surface area contributed by atoms with E-state index in [4.69, 9.17) is 0 Å². The molecule has 0 saturated heterocycles. The Morgan fingerprint density at radius 2 is 1.46 bits per heavy atom. The molecule has 2 aromatic rings. The van der Waals surface area contributed by atoms with Crippen molar-refractivity contribution in [3.05, 3.63) is 54.1 Å². The van der Waals surface area contributed by atoms with Crippen LogP contribution in [0.2, 0.25) is 0 Å². The summed E-state index contributed by atoms with van der Waals surface area (Å²) in [5, 5.41) is 0. The van der Waals surface area contributed by atoms with Crippen LogP contribution in [0.15, 0.2) is 42.7 Å². The molecule has 2 nitrogen and oxygen atoms in total. The van der Waals surface area contributed by atoms with Crippen LogP contribution in [0.3, 0.4) is 0 Å². The number of rotatable bonds is 16. The fraction of sp³-hybridized carbons (Fsp3) is 0.654. The quantitative estimate of drug-likeness (QED) is 0.231. The number of unbranched alkanes of at least 4 members (excludes halogenated alkanes) is 9. The Kier molecular flexibility index (Phi) is 11.7. The predicted molar refractivity (Wildman–Crippen MR) is 121 cm³/mol. The number of H-pyrrole nitrogens is 1. The van der Waals surface area contributed by atoms with Gasteiger partial charge in [-0.15, -0.1) is 0 Å². The molecule has 2 rings (SSSR count). The average molecular weight is 384 g/mol. The van der Waals surface area contributed by atoms with Gasteiger partial charge in [-0.25, -0.2) is 9.55 Å². The van der Waals surface area contributed by atoms with Crippen LogP contribution >= 0.6 is 0 Å². The highest BCUT2D eigenvalue weighted by Gasteiger charge is 2.18. The number of nitrogens with one attached hydrogen (secondary N) is 1. The van der Waals surface area contributed by atoms with E-state index in [-0.39, 0.29) is 0 Å². The van der Waals surface area contributed by atoms with E-state index in [1.807, 2.05) is 0 Å². The van der Waals surface area contributed by atoms with Gasteiger partial charge in [0.15, 0.2) is 0 Å². The summed E-state index contributed by atoms with van der Waals surface area (Å²) in [5.74, 6) is 2.03. The minimum Gasteiger partial charge on any atom is -0.247 e. The number of aromatic amines is 1. The standard InChI is InChI=1S/C26H42N2/c1-3-4-5-6-7-8-9-10-11-13-17-24(2)26-27-21-23-28(26)22-16-20-25-18-14-12-15-19-25/h12,14-15,18-19,21,23-24H,3-11,13,16-17,20,22H2,1-2H3/p+1/t24-/m0/s1. The summed E-state index contributed by atoms with van der Waals surface area (Å²) in [6, 6.07) is 10.8. The van der Waals surface area contributed by atoms with Crippen molar-refractivity contribution in [1.82, 2.24) is 4.98 Å². The van der Waals surface area contributed by atoms with Gasteiger partial charge in [-0.1, -0.05) is 108 Å². The normalized spacial score (nSPS) is 12.4. The third-order valence-electron chi connectivity index (χ3n) is 5.96. The molecule has 1 aromatic heterocycles. The lowest BCUT2D eigenvalue weighted by atomic mass is 10.0. The maximum absolute atomic E-state index is 3.50. The monoisotopic (exact) mass is 383 g/mol. The van der Waals surface area contributed by atoms with Gasteiger partial charge in [-0.3, -0.25) is 0 Å². The number of aromatic nitrogens is 2. The predicted octanol–water partition coefficient (Wildman–Crippen LogP) is 7.35. The number of hydrogen-bond donors (Lipinski definition) is 1. The van der Waals surface area contributed by atoms with E-state index in [1.54, 1.807) is 0 Å². The molecule has 156 valence electrons. The summed E-state index contributed by atoms with van der Waals surface area (Å²) < 4.78 is 2.43. The van der Waals surface area contributed by atoms with Gasteiger partial charge in [0.05, 0.1) is 12.5 Å². The Morgan fingerprint density at radius 1 is 0.821 bits per heavy atom. The number of benzene rings is 1. The number of aryl methyl sites for hydroxylation is 2. The first kappa shape index (κ1) is 22.7. The van der Waals surface area contributed by atoms with Crippen molar-refractivity contribution in [2.75, 3.05) is 0 Å². The summed E-state index contributed by atoms with van der Waals surface area (Å²) in [6.07, 6.45) is 22.1. The van der Waals surface area contributed by atoms with Crippen LogP contribution in [-0.2, 0) is 13.0 Å². The first-order valence-electron chi connectivity index (χ1n) is 11.9. The molecule has 0 aliphatic rings. The molecule has 0 radical (unpaired) electrons. The van der Waals surface area contributed by atoms with Crippen molar-refractivity contribution in [3.63, 3.8) is 0 Å². The van der Waals surface area contributed by atoms with Crippen molar-refractivity contribution < 1.29 is 4.57 Å². The van der Waals surface area contributed by atoms with Crippen LogP contribution in [-0.4, -0.2) is 4.98 Å². The highest BCUT2D eigenvalue weighted by atomic mass is 15.1. The minimum absolute atomic E-state index is 0.626. The van der Waals surface area contributed by atoms with Crippen LogP contribution < -0.4 is 4.57 Å². The molecule has 0 unspecified atom stereocenters. The molecular weight excluding hydrogens is 340 g/mol. The highest BCUT2D eigenvalue weighted by molar-refractivity contribution is 5.14. The number of nitrogens with zero attached hydrogens (tertiary/aromatic N) is 1. The molecule has 28 heavy (non-hydrogen) atoms. The zero-order chi connectivity index (χ0) is 19.9. The molecule has 2 heteroatoms. The Balaban J connectivity index is 1.56. The lowest BCUT2D eigenvalue weighted by Crippen LogP contribution is -2.37. The average Bonchev–Trinajstić information content (AvgIpc) is 3.19. The maximum Gasteiger partial charge on any atom is 0.257 e. The van der Waals surface area contributed by atoms with Crippen molar-refractivity contribution in [2.24, 2.45) is 0 Å². The van der Waals surface area contributed by atoms with Crippen LogP contribution in [0.5, 0.6) is 0 Å². The Hall–Kier alpha value is -1.57. The summed E-state index contributed by atoms with van der Waals surface area (Å²) in [6.45, 7) is 5.78. The zero-order valence-electron chi connectivity index (χ0n) is 18.5. The lowest BCUT2D eigenvalue weighted by Gasteiger charge is -2.09. The summed E-state index contributed by atoms with van der Waals surface area (Å²) >= 11 is 0. The second-order valence-electron chi connectivity index (χ2n) is 8.50. The number of imidazole rings is 1. The maximum atomic E-state index is 3.50. The smallest absolute Gasteiger partial charge is 0.247 e. The zero-order valence-corrected chi connectivity index (χ0v) is 18.5. The Labute approximate surface area is 173 Å². The third-order valence-corrected chi connectivity index (χ3v) is 5.96. The molecule has 1 atom stereocenters. The molecule has 0 fully saturated rings. The summed E-state index contributed by atoms with van der Waals surface area (Å²) in [4.78, 5) is 3.50. The molecule has 0 amide bonds. The van der Waals surface area contributed by atoms with Gasteiger partial charge in [0.25, 0.3) is 5.82 Å². The van der Waals surface area contributed by atoms with Gasteiger partial charge in [0.1, 0.15) is 12.4 Å². The molecule has 1 heterocycles. The van der Waals surface area contributed by atoms with Crippen LogP contribution in [0.4, 0.5) is 0 Å². The van der Waals surface area contributed by atoms with E-state index in [0.717, 1.165) is 13.0 Å². The molecule has 0 spiro atoms. The van der Waals surface area contributed by atoms with Crippen LogP contribution in [0.1, 0.15) is 108 Å². The van der Waals surface area contributed by atoms with Gasteiger partial charge >= 0.3 is 0 Å². The summed E-state index contributed by atoms with van der Waals surface area (Å²) in [7, 11) is 0. The van der Waals surface area contributed by atoms with E-state index in [9.17, 15) is 0 Å². The van der Waals surface area contributed by atoms with Gasteiger partial charge in [0.2, 0.25) is 0 Å². The van der Waals surface area contributed by atoms with Crippen LogP contribution in [0, 0.1) is 0 Å². The highest BCUT2D eigenvalue weighted by Crippen LogP contribution is 2.19. The molecule has 0 saturated carbocycles. The fourth-order valence-electron chi connectivity index (χ4n) is 4.17. The number of hydrogen-bond acceptors (Lipinski definition) is 0. The molecule has 1 N–H and O–H groups in total. The van der Waals surface area contributed by atoms with E-state index in [2.05, 4.69) is 66.1 Å². The SMILES string of the molecule is CCCCCCCCCCCC[C@H](C)c1[nH]cc[n+]1CCCc1ccccc1. The van der Waals surface area contributed by atoms with Gasteiger partial charge in [-0.05, 0) is 24.8 Å². The molecule has 0 bridgehead atoms. The van der Waals surface area contributed by atoms with E-state index in [0.29, 0.717) is 5.92 Å². The Morgan fingerprint density at radius 3 is 2.14 bits per heavy atom. The first-order valence-corrected chi connectivity index (χ1v) is 11.9. The largest absolute Gasteiger partial charge is 0.257 e. The van der Waals surface area contributed by atoms with E-state index < -0.39 is 0 Å². The molecule has 1 aromatic carbocycles. The van der Waals surface area contributed by atoms with Crippen molar-refractivity contribution in [1.29, 1.82) is 0 Å². The third kappa shape index (κ3) is 9.08. The second kappa shape index (κ2) is 14.4. The molecule has 0 aliphatic carbocycles. The fourth-order valence-corrected chi connectivity index (χ4v) is 4.17. The first-order chi connectivity index (χ1) is 13.8. The van der Waals surface area contributed by atoms with Gasteiger partial charge < -0.3 is 0 Å². The minimum atomic E-state index is 0.626. The van der Waals surface area contributed by atoms with Crippen molar-refractivity contribution in [2.45, 2.75) is 110 Å². The molecular formula is C26H43N2+. The van der Waals surface area contributed by atoms with Crippen molar-refractivity contribution in [3.8, 4) is 0 Å². The van der Waals surface area contributed by atoms with Gasteiger partial charge in [-0.2, -0.15) is 0 Å².